The van der Waals surface area contributed by atoms with Crippen LogP contribution in [0.1, 0.15) is 0 Å². The van der Waals surface area contributed by atoms with Gasteiger partial charge < -0.3 is 4.98 Å². The van der Waals surface area contributed by atoms with E-state index >= 15 is 0 Å². The van der Waals surface area contributed by atoms with Crippen molar-refractivity contribution in [1.82, 2.24) is 34.6 Å². The Labute approximate surface area is 190 Å². The highest BCUT2D eigenvalue weighted by atomic mass is 31.1. The fourth-order valence-electron chi connectivity index (χ4n) is 3.59. The molecule has 0 fully saturated rings. The average molecular weight is 453 g/mol. The normalized spacial score (nSPS) is 11.0. The summed E-state index contributed by atoms with van der Waals surface area (Å²) in [6.07, 6.45) is 1.50. The van der Waals surface area contributed by atoms with Crippen LogP contribution in [-0.2, 0) is 7.05 Å². The van der Waals surface area contributed by atoms with Gasteiger partial charge in [0.15, 0.2) is 5.65 Å². The fraction of sp³-hybridized carbons (Fsp3) is 0.0417. The lowest BCUT2D eigenvalue weighted by Crippen LogP contribution is -2.25. The number of aryl methyl sites for hydroxylation is 1. The topological polar surface area (TPSA) is 93.8 Å². The summed E-state index contributed by atoms with van der Waals surface area (Å²) in [5, 5.41) is 15.0. The van der Waals surface area contributed by atoms with Crippen molar-refractivity contribution in [1.29, 1.82) is 0 Å². The molecular formula is C24H20N7OP. The zero-order chi connectivity index (χ0) is 22.6. The third kappa shape index (κ3) is 4.04. The minimum Gasteiger partial charge on any atom is -0.340 e. The molecule has 0 saturated heterocycles. The molecule has 0 aliphatic rings. The van der Waals surface area contributed by atoms with Gasteiger partial charge in [-0.3, -0.25) is 4.57 Å². The third-order valence-electron chi connectivity index (χ3n) is 5.14. The highest BCUT2D eigenvalue weighted by molar-refractivity contribution is 7.79. The van der Waals surface area contributed by atoms with Gasteiger partial charge in [-0.15, -0.1) is 9.61 Å². The SMILES string of the molecule is Cn1c(=O)n2nnnc2c2[nH]cnc21.c1ccc(P(c2ccccc2)c2ccccc2)cc1. The van der Waals surface area contributed by atoms with Crippen LogP contribution in [0.4, 0.5) is 0 Å². The summed E-state index contributed by atoms with van der Waals surface area (Å²) in [4.78, 5) is 18.5. The molecule has 0 amide bonds. The molecule has 9 heteroatoms. The molecular weight excluding hydrogens is 433 g/mol. The van der Waals surface area contributed by atoms with Crippen LogP contribution in [0.25, 0.3) is 16.8 Å². The van der Waals surface area contributed by atoms with Crippen molar-refractivity contribution >= 4 is 40.6 Å². The lowest BCUT2D eigenvalue weighted by molar-refractivity contribution is 0.728. The third-order valence-corrected chi connectivity index (χ3v) is 7.59. The number of aromatic amines is 1. The summed E-state index contributed by atoms with van der Waals surface area (Å²) in [5.41, 5.74) is 1.26. The second-order valence-electron chi connectivity index (χ2n) is 7.20. The van der Waals surface area contributed by atoms with Gasteiger partial charge in [-0.05, 0) is 34.3 Å². The molecule has 0 saturated carbocycles. The molecule has 0 spiro atoms. The number of rotatable bonds is 3. The Hall–Kier alpha value is -4.16. The molecule has 0 radical (unpaired) electrons. The van der Waals surface area contributed by atoms with E-state index in [1.54, 1.807) is 7.05 Å². The van der Waals surface area contributed by atoms with Crippen molar-refractivity contribution in [3.8, 4) is 0 Å². The van der Waals surface area contributed by atoms with E-state index < -0.39 is 7.92 Å². The second-order valence-corrected chi connectivity index (χ2v) is 9.42. The summed E-state index contributed by atoms with van der Waals surface area (Å²) >= 11 is 0. The van der Waals surface area contributed by atoms with Crippen LogP contribution >= 0.6 is 7.92 Å². The molecule has 1 N–H and O–H groups in total. The van der Waals surface area contributed by atoms with E-state index in [-0.39, 0.29) is 5.69 Å². The van der Waals surface area contributed by atoms with Crippen molar-refractivity contribution < 1.29 is 0 Å². The van der Waals surface area contributed by atoms with Gasteiger partial charge in [0, 0.05) is 7.05 Å². The molecule has 6 aromatic rings. The molecule has 3 heterocycles. The highest BCUT2D eigenvalue weighted by Crippen LogP contribution is 2.32. The van der Waals surface area contributed by atoms with Gasteiger partial charge in [-0.25, -0.2) is 9.78 Å². The molecule has 0 aliphatic heterocycles. The zero-order valence-electron chi connectivity index (χ0n) is 17.8. The van der Waals surface area contributed by atoms with Crippen LogP contribution in [0.15, 0.2) is 102 Å². The second kappa shape index (κ2) is 9.14. The summed E-state index contributed by atoms with van der Waals surface area (Å²) < 4.78 is 2.51. The molecule has 3 aromatic carbocycles. The number of benzene rings is 3. The number of fused-ring (bicyclic) bond motifs is 3. The van der Waals surface area contributed by atoms with Gasteiger partial charge in [0.25, 0.3) is 0 Å². The number of hydrogen-bond donors (Lipinski definition) is 1. The molecule has 0 unspecified atom stereocenters. The standard InChI is InChI=1S/C18H15P.C6H5N7O/c1-4-10-16(11-5-1)19(17-12-6-2-7-13-17)18-14-8-3-9-15-18;1-12-4-3(7-2-8-4)5-9-10-11-13(5)6(12)14/h1-15H;2H,1H3,(H,7,8). The Morgan fingerprint density at radius 1 is 0.758 bits per heavy atom. The predicted molar refractivity (Wildman–Crippen MR) is 131 cm³/mol. The molecule has 0 atom stereocenters. The number of nitrogens with one attached hydrogen (secondary N) is 1. The van der Waals surface area contributed by atoms with Gasteiger partial charge in [0.2, 0.25) is 5.65 Å². The monoisotopic (exact) mass is 453 g/mol. The van der Waals surface area contributed by atoms with Crippen LogP contribution < -0.4 is 21.6 Å². The molecule has 0 bridgehead atoms. The minimum absolute atomic E-state index is 0.315. The largest absolute Gasteiger partial charge is 0.353 e. The van der Waals surface area contributed by atoms with Gasteiger partial charge in [-0.2, -0.15) is 0 Å². The molecule has 0 aliphatic carbocycles. The quantitative estimate of drug-likeness (QED) is 0.415. The number of hydrogen-bond acceptors (Lipinski definition) is 5. The minimum atomic E-state index is -0.446. The molecule has 162 valence electrons. The average Bonchev–Trinajstić information content (AvgIpc) is 3.55. The first-order chi connectivity index (χ1) is 16.2. The first-order valence-corrected chi connectivity index (χ1v) is 11.6. The van der Waals surface area contributed by atoms with E-state index in [1.165, 1.54) is 26.8 Å². The number of H-pyrrole nitrogens is 1. The zero-order valence-corrected chi connectivity index (χ0v) is 18.7. The van der Waals surface area contributed by atoms with Gasteiger partial charge in [0.1, 0.15) is 5.52 Å². The lowest BCUT2D eigenvalue weighted by Gasteiger charge is -2.18. The summed E-state index contributed by atoms with van der Waals surface area (Å²) in [6.45, 7) is 0. The maximum atomic E-state index is 11.6. The van der Waals surface area contributed by atoms with Crippen molar-refractivity contribution in [2.24, 2.45) is 7.05 Å². The summed E-state index contributed by atoms with van der Waals surface area (Å²) in [5.74, 6) is 0. The number of aromatic nitrogens is 7. The van der Waals surface area contributed by atoms with Crippen LogP contribution in [0, 0.1) is 0 Å². The Morgan fingerprint density at radius 2 is 1.27 bits per heavy atom. The van der Waals surface area contributed by atoms with Crippen LogP contribution in [-0.4, -0.2) is 34.6 Å². The number of imidazole rings is 1. The van der Waals surface area contributed by atoms with Crippen LogP contribution in [0.2, 0.25) is 0 Å². The van der Waals surface area contributed by atoms with E-state index in [0.717, 1.165) is 4.52 Å². The first-order valence-electron chi connectivity index (χ1n) is 10.3. The maximum Gasteiger partial charge on any atom is 0.353 e. The Balaban J connectivity index is 0.000000144. The Morgan fingerprint density at radius 3 is 1.79 bits per heavy atom. The van der Waals surface area contributed by atoms with Crippen molar-refractivity contribution in [3.05, 3.63) is 108 Å². The maximum absolute atomic E-state index is 11.6. The van der Waals surface area contributed by atoms with E-state index in [1.807, 2.05) is 0 Å². The number of tetrazole rings is 1. The van der Waals surface area contributed by atoms with Crippen LogP contribution in [0.5, 0.6) is 0 Å². The van der Waals surface area contributed by atoms with Crippen molar-refractivity contribution in [2.45, 2.75) is 0 Å². The Kier molecular flexibility index (Phi) is 5.74. The fourth-order valence-corrected chi connectivity index (χ4v) is 5.89. The first kappa shape index (κ1) is 20.7. The van der Waals surface area contributed by atoms with Gasteiger partial charge in [0.05, 0.1) is 6.33 Å². The smallest absolute Gasteiger partial charge is 0.340 e. The van der Waals surface area contributed by atoms with E-state index in [2.05, 4.69) is 116 Å². The predicted octanol–water partition coefficient (Wildman–Crippen LogP) is 2.14. The molecule has 6 rings (SSSR count). The number of nitrogens with zero attached hydrogens (tertiary/aromatic N) is 6. The van der Waals surface area contributed by atoms with Crippen molar-refractivity contribution in [2.75, 3.05) is 0 Å². The van der Waals surface area contributed by atoms with E-state index in [0.29, 0.717) is 16.8 Å². The molecule has 33 heavy (non-hydrogen) atoms. The Bertz CT molecular complexity index is 1450. The molecule has 3 aromatic heterocycles. The van der Waals surface area contributed by atoms with Gasteiger partial charge in [-0.1, -0.05) is 91.0 Å². The van der Waals surface area contributed by atoms with Gasteiger partial charge >= 0.3 is 5.69 Å². The van der Waals surface area contributed by atoms with Crippen molar-refractivity contribution in [3.63, 3.8) is 0 Å². The van der Waals surface area contributed by atoms with Crippen LogP contribution in [0.3, 0.4) is 0 Å². The summed E-state index contributed by atoms with van der Waals surface area (Å²) in [6, 6.07) is 32.3. The lowest BCUT2D eigenvalue weighted by atomic mass is 10.4. The van der Waals surface area contributed by atoms with E-state index in [4.69, 9.17) is 0 Å². The van der Waals surface area contributed by atoms with E-state index in [9.17, 15) is 4.79 Å². The summed E-state index contributed by atoms with van der Waals surface area (Å²) in [7, 11) is 1.17. The highest BCUT2D eigenvalue weighted by Gasteiger charge is 2.15. The molecule has 8 nitrogen and oxygen atoms in total.